The summed E-state index contributed by atoms with van der Waals surface area (Å²) in [5, 5.41) is 7.15. The Morgan fingerprint density at radius 3 is 2.86 bits per heavy atom. The summed E-state index contributed by atoms with van der Waals surface area (Å²) in [6, 6.07) is 8.97. The van der Waals surface area contributed by atoms with E-state index in [9.17, 15) is 0 Å². The van der Waals surface area contributed by atoms with Crippen LogP contribution in [0.5, 0.6) is 0 Å². The van der Waals surface area contributed by atoms with Crippen LogP contribution in [0.1, 0.15) is 31.4 Å². The Morgan fingerprint density at radius 2 is 2.14 bits per heavy atom. The topological polar surface area (TPSA) is 30.5 Å². The number of nitrogens with one attached hydrogen (secondary N) is 1. The first kappa shape index (κ1) is 15.0. The maximum atomic E-state index is 6.04. The lowest BCUT2D eigenvalue weighted by atomic mass is 9.81. The quantitative estimate of drug-likeness (QED) is 0.912. The van der Waals surface area contributed by atoms with Gasteiger partial charge in [-0.25, -0.2) is 0 Å². The van der Waals surface area contributed by atoms with E-state index in [2.05, 4.69) is 41.9 Å². The van der Waals surface area contributed by atoms with Gasteiger partial charge in [-0.05, 0) is 28.9 Å². The third-order valence-electron chi connectivity index (χ3n) is 4.50. The molecule has 0 amide bonds. The Kier molecular flexibility index (Phi) is 4.60. The van der Waals surface area contributed by atoms with Crippen molar-refractivity contribution in [3.63, 3.8) is 0 Å². The standard InChI is InChI=1S/C17H23NO2S/c1-3-18-16(17(19-2)8-10-20-11-9-17)14-6-4-5-13-7-12-21-15(13)14/h4-7,12,16,18H,3,8-11H2,1-2H3. The minimum Gasteiger partial charge on any atom is -0.381 e. The highest BCUT2D eigenvalue weighted by molar-refractivity contribution is 7.17. The van der Waals surface area contributed by atoms with Gasteiger partial charge in [-0.2, -0.15) is 0 Å². The minimum atomic E-state index is -0.174. The maximum Gasteiger partial charge on any atom is 0.0916 e. The molecular formula is C17H23NO2S. The molecule has 1 N–H and O–H groups in total. The molecular weight excluding hydrogens is 282 g/mol. The van der Waals surface area contributed by atoms with Gasteiger partial charge in [-0.15, -0.1) is 11.3 Å². The number of likely N-dealkylation sites (N-methyl/N-ethyl adjacent to an activating group) is 1. The van der Waals surface area contributed by atoms with Crippen LogP contribution in [0.15, 0.2) is 29.6 Å². The van der Waals surface area contributed by atoms with E-state index < -0.39 is 0 Å². The maximum absolute atomic E-state index is 6.04. The van der Waals surface area contributed by atoms with E-state index in [1.165, 1.54) is 15.6 Å². The predicted octanol–water partition coefficient (Wildman–Crippen LogP) is 3.75. The van der Waals surface area contributed by atoms with Crippen LogP contribution in [-0.2, 0) is 9.47 Å². The lowest BCUT2D eigenvalue weighted by Crippen LogP contribution is -2.49. The number of hydrogen-bond donors (Lipinski definition) is 1. The van der Waals surface area contributed by atoms with Crippen LogP contribution >= 0.6 is 11.3 Å². The molecule has 114 valence electrons. The fraction of sp³-hybridized carbons (Fsp3) is 0.529. The molecule has 1 atom stereocenters. The van der Waals surface area contributed by atoms with Gasteiger partial charge in [0.1, 0.15) is 0 Å². The molecule has 21 heavy (non-hydrogen) atoms. The monoisotopic (exact) mass is 305 g/mol. The van der Waals surface area contributed by atoms with Crippen molar-refractivity contribution < 1.29 is 9.47 Å². The molecule has 0 radical (unpaired) electrons. The highest BCUT2D eigenvalue weighted by Crippen LogP contribution is 2.40. The first-order valence-corrected chi connectivity index (χ1v) is 8.51. The molecule has 0 saturated carbocycles. The molecule has 3 rings (SSSR count). The second kappa shape index (κ2) is 6.44. The van der Waals surface area contributed by atoms with Crippen LogP contribution in [0.25, 0.3) is 10.1 Å². The van der Waals surface area contributed by atoms with E-state index in [1.807, 2.05) is 18.4 Å². The minimum absolute atomic E-state index is 0.174. The van der Waals surface area contributed by atoms with Crippen LogP contribution in [0.4, 0.5) is 0 Å². The van der Waals surface area contributed by atoms with Gasteiger partial charge in [0.2, 0.25) is 0 Å². The fourth-order valence-electron chi connectivity index (χ4n) is 3.35. The molecule has 1 fully saturated rings. The second-order valence-electron chi connectivity index (χ2n) is 5.56. The molecule has 0 spiro atoms. The molecule has 2 aromatic rings. The Morgan fingerprint density at radius 1 is 1.33 bits per heavy atom. The first-order chi connectivity index (χ1) is 10.3. The molecule has 2 heterocycles. The highest BCUT2D eigenvalue weighted by atomic mass is 32.1. The normalized spacial score (nSPS) is 19.7. The number of ether oxygens (including phenoxy) is 2. The number of rotatable bonds is 5. The first-order valence-electron chi connectivity index (χ1n) is 7.63. The van der Waals surface area contributed by atoms with Gasteiger partial charge in [0.25, 0.3) is 0 Å². The van der Waals surface area contributed by atoms with Crippen LogP contribution in [-0.4, -0.2) is 32.5 Å². The van der Waals surface area contributed by atoms with Crippen LogP contribution in [0, 0.1) is 0 Å². The van der Waals surface area contributed by atoms with Gasteiger partial charge < -0.3 is 14.8 Å². The van der Waals surface area contributed by atoms with Gasteiger partial charge in [-0.3, -0.25) is 0 Å². The zero-order valence-corrected chi connectivity index (χ0v) is 13.5. The Balaban J connectivity index is 2.06. The van der Waals surface area contributed by atoms with Crippen molar-refractivity contribution in [3.8, 4) is 0 Å². The van der Waals surface area contributed by atoms with Crippen molar-refractivity contribution in [1.29, 1.82) is 0 Å². The van der Waals surface area contributed by atoms with Gasteiger partial charge >= 0.3 is 0 Å². The molecule has 3 nitrogen and oxygen atoms in total. The van der Waals surface area contributed by atoms with Gasteiger partial charge in [0.15, 0.2) is 0 Å². The summed E-state index contributed by atoms with van der Waals surface area (Å²) in [6.07, 6.45) is 1.87. The van der Waals surface area contributed by atoms with E-state index in [1.54, 1.807) is 0 Å². The lowest BCUT2D eigenvalue weighted by Gasteiger charge is -2.43. The average Bonchev–Trinajstić information content (AvgIpc) is 3.02. The van der Waals surface area contributed by atoms with Gasteiger partial charge in [0.05, 0.1) is 11.6 Å². The summed E-state index contributed by atoms with van der Waals surface area (Å²) >= 11 is 1.81. The molecule has 0 aliphatic carbocycles. The largest absolute Gasteiger partial charge is 0.381 e. The number of benzene rings is 1. The summed E-state index contributed by atoms with van der Waals surface area (Å²) in [4.78, 5) is 0. The van der Waals surface area contributed by atoms with E-state index >= 15 is 0 Å². The van der Waals surface area contributed by atoms with Crippen molar-refractivity contribution in [1.82, 2.24) is 5.32 Å². The summed E-state index contributed by atoms with van der Waals surface area (Å²) in [5.41, 5.74) is 1.18. The molecule has 1 unspecified atom stereocenters. The van der Waals surface area contributed by atoms with E-state index in [0.29, 0.717) is 0 Å². The number of methoxy groups -OCH3 is 1. The van der Waals surface area contributed by atoms with E-state index in [4.69, 9.17) is 9.47 Å². The smallest absolute Gasteiger partial charge is 0.0916 e. The van der Waals surface area contributed by atoms with Crippen molar-refractivity contribution >= 4 is 21.4 Å². The van der Waals surface area contributed by atoms with E-state index in [0.717, 1.165) is 32.6 Å². The highest BCUT2D eigenvalue weighted by Gasteiger charge is 2.41. The van der Waals surface area contributed by atoms with Gasteiger partial charge in [-0.1, -0.05) is 25.1 Å². The summed E-state index contributed by atoms with van der Waals surface area (Å²) in [6.45, 7) is 4.63. The molecule has 1 saturated heterocycles. The van der Waals surface area contributed by atoms with Crippen molar-refractivity contribution in [2.24, 2.45) is 0 Å². The van der Waals surface area contributed by atoms with Crippen LogP contribution in [0.3, 0.4) is 0 Å². The summed E-state index contributed by atoms with van der Waals surface area (Å²) in [7, 11) is 1.84. The SMILES string of the molecule is CCNC(c1cccc2ccsc12)C1(OC)CCOCC1. The molecule has 1 aliphatic heterocycles. The number of fused-ring (bicyclic) bond motifs is 1. The zero-order valence-electron chi connectivity index (χ0n) is 12.7. The molecule has 1 aromatic heterocycles. The number of hydrogen-bond acceptors (Lipinski definition) is 4. The molecule has 1 aliphatic rings. The molecule has 0 bridgehead atoms. The molecule has 1 aromatic carbocycles. The van der Waals surface area contributed by atoms with E-state index in [-0.39, 0.29) is 11.6 Å². The Hall–Kier alpha value is -0.940. The average molecular weight is 305 g/mol. The van der Waals surface area contributed by atoms with Crippen LogP contribution < -0.4 is 5.32 Å². The van der Waals surface area contributed by atoms with Crippen molar-refractivity contribution in [3.05, 3.63) is 35.2 Å². The lowest BCUT2D eigenvalue weighted by molar-refractivity contribution is -0.111. The summed E-state index contributed by atoms with van der Waals surface area (Å²) in [5.74, 6) is 0. The number of thiophene rings is 1. The third kappa shape index (κ3) is 2.73. The fourth-order valence-corrected chi connectivity index (χ4v) is 4.30. The van der Waals surface area contributed by atoms with Crippen molar-refractivity contribution in [2.45, 2.75) is 31.4 Å². The van der Waals surface area contributed by atoms with Crippen molar-refractivity contribution in [2.75, 3.05) is 26.9 Å². The zero-order chi connectivity index (χ0) is 14.7. The van der Waals surface area contributed by atoms with Gasteiger partial charge in [0, 0.05) is 37.9 Å². The Labute approximate surface area is 130 Å². The van der Waals surface area contributed by atoms with Crippen LogP contribution in [0.2, 0.25) is 0 Å². The third-order valence-corrected chi connectivity index (χ3v) is 5.48. The predicted molar refractivity (Wildman–Crippen MR) is 88.0 cm³/mol. The molecule has 4 heteroatoms. The Bertz CT molecular complexity index is 589. The summed E-state index contributed by atoms with van der Waals surface area (Å²) < 4.78 is 13.0. The second-order valence-corrected chi connectivity index (χ2v) is 6.47.